The Hall–Kier alpha value is -7.62. The van der Waals surface area contributed by atoms with E-state index in [9.17, 15) is 0 Å². The van der Waals surface area contributed by atoms with Gasteiger partial charge < -0.3 is 36.7 Å². The molecule has 0 unspecified atom stereocenters. The second kappa shape index (κ2) is 17.7. The van der Waals surface area contributed by atoms with Crippen LogP contribution in [0.15, 0.2) is 218 Å². The van der Waals surface area contributed by atoms with Crippen LogP contribution in [0.1, 0.15) is 0 Å². The van der Waals surface area contributed by atoms with Crippen LogP contribution in [0.5, 0.6) is 69.0 Å². The zero-order valence-electron chi connectivity index (χ0n) is 30.6. The van der Waals surface area contributed by atoms with Crippen molar-refractivity contribution in [3.05, 3.63) is 218 Å². The van der Waals surface area contributed by atoms with E-state index in [0.29, 0.717) is 69.0 Å². The van der Waals surface area contributed by atoms with E-state index in [-0.39, 0.29) is 0 Å². The average molecular weight is 769 g/mol. The van der Waals surface area contributed by atoms with Crippen molar-refractivity contribution in [1.82, 2.24) is 0 Å². The number of benzene rings is 8. The molecule has 0 radical (unpaired) electrons. The van der Waals surface area contributed by atoms with Crippen LogP contribution in [0.4, 0.5) is 0 Å². The molecule has 8 aromatic rings. The highest BCUT2D eigenvalue weighted by Gasteiger charge is 2.58. The molecule has 57 heavy (non-hydrogen) atoms. The van der Waals surface area contributed by atoms with E-state index >= 15 is 0 Å². The molecule has 0 aliphatic heterocycles. The van der Waals surface area contributed by atoms with Crippen LogP contribution >= 0.6 is 0 Å². The van der Waals surface area contributed by atoms with Crippen molar-refractivity contribution in [2.45, 2.75) is 0 Å². The van der Waals surface area contributed by atoms with Crippen LogP contribution in [0.3, 0.4) is 0 Å². The summed E-state index contributed by atoms with van der Waals surface area (Å²) in [6, 6.07) is 66.8. The predicted molar refractivity (Wildman–Crippen MR) is 220 cm³/mol. The van der Waals surface area contributed by atoms with Crippen LogP contribution in [0.2, 0.25) is 0 Å². The maximum absolute atomic E-state index is 6.84. The summed E-state index contributed by atoms with van der Waals surface area (Å²) in [5.74, 6) is 6.33. The third kappa shape index (κ3) is 10.3. The van der Waals surface area contributed by atoms with Crippen molar-refractivity contribution >= 4 is 9.05 Å². The minimum atomic E-state index is -4.44. The highest BCUT2D eigenvalue weighted by atomic mass is 28.4. The minimum Gasteiger partial charge on any atom is -0.457 e. The summed E-state index contributed by atoms with van der Waals surface area (Å²) in [5, 5.41) is 0. The van der Waals surface area contributed by atoms with Crippen molar-refractivity contribution in [2.24, 2.45) is 0 Å². The molecule has 0 spiro atoms. The van der Waals surface area contributed by atoms with Gasteiger partial charge >= 0.3 is 9.05 Å². The standard InChI is InChI=1S/C48H36O8Si/c1-5-17-37(18-6-1)49-41-25-13-29-45(33-41)53-57(54-46-30-14-26-42(34-46)50-38-19-7-2-8-20-38,55-47-31-15-27-43(35-47)51-39-21-9-3-10-22-39)56-48-32-16-28-44(36-48)52-40-23-11-4-12-24-40/h1-36H. The molecule has 0 saturated carbocycles. The van der Waals surface area contributed by atoms with Crippen molar-refractivity contribution in [3.8, 4) is 69.0 Å². The molecule has 0 aliphatic rings. The molecule has 9 heteroatoms. The molecule has 0 fully saturated rings. The van der Waals surface area contributed by atoms with E-state index in [1.807, 2.05) is 170 Å². The Bertz CT molecular complexity index is 2130. The topological polar surface area (TPSA) is 73.8 Å². The molecule has 0 saturated heterocycles. The lowest BCUT2D eigenvalue weighted by molar-refractivity contribution is 0.160. The van der Waals surface area contributed by atoms with Gasteiger partial charge in [-0.15, -0.1) is 0 Å². The van der Waals surface area contributed by atoms with Crippen LogP contribution in [-0.2, 0) is 0 Å². The van der Waals surface area contributed by atoms with Crippen LogP contribution in [0.25, 0.3) is 0 Å². The molecule has 8 nitrogen and oxygen atoms in total. The highest BCUT2D eigenvalue weighted by molar-refractivity contribution is 6.57. The van der Waals surface area contributed by atoms with Crippen LogP contribution < -0.4 is 36.7 Å². The summed E-state index contributed by atoms with van der Waals surface area (Å²) in [6.07, 6.45) is 0. The van der Waals surface area contributed by atoms with Gasteiger partial charge in [0.15, 0.2) is 0 Å². The number of hydrogen-bond acceptors (Lipinski definition) is 8. The normalized spacial score (nSPS) is 10.8. The largest absolute Gasteiger partial charge is 0.966 e. The van der Waals surface area contributed by atoms with Gasteiger partial charge in [0.1, 0.15) is 69.0 Å². The Morgan fingerprint density at radius 1 is 0.193 bits per heavy atom. The van der Waals surface area contributed by atoms with E-state index in [2.05, 4.69) is 0 Å². The molecule has 0 amide bonds. The third-order valence-corrected chi connectivity index (χ3v) is 10.1. The average Bonchev–Trinajstić information content (AvgIpc) is 3.23. The van der Waals surface area contributed by atoms with Crippen LogP contribution in [-0.4, -0.2) is 9.05 Å². The fourth-order valence-electron chi connectivity index (χ4n) is 5.61. The molecule has 0 aliphatic carbocycles. The summed E-state index contributed by atoms with van der Waals surface area (Å²) in [7, 11) is -4.44. The van der Waals surface area contributed by atoms with Gasteiger partial charge in [0, 0.05) is 24.3 Å². The van der Waals surface area contributed by atoms with Crippen molar-refractivity contribution in [2.75, 3.05) is 0 Å². The van der Waals surface area contributed by atoms with Gasteiger partial charge in [0.2, 0.25) is 0 Å². The molecule has 0 heterocycles. The first-order chi connectivity index (χ1) is 28.1. The van der Waals surface area contributed by atoms with Crippen molar-refractivity contribution in [1.29, 1.82) is 0 Å². The summed E-state index contributed by atoms with van der Waals surface area (Å²) < 4.78 is 52.0. The predicted octanol–water partition coefficient (Wildman–Crippen LogP) is 12.9. The summed E-state index contributed by atoms with van der Waals surface area (Å²) in [4.78, 5) is 0. The highest BCUT2D eigenvalue weighted by Crippen LogP contribution is 2.35. The van der Waals surface area contributed by atoms with Gasteiger partial charge in [-0.1, -0.05) is 97.1 Å². The number of ether oxygens (including phenoxy) is 4. The van der Waals surface area contributed by atoms with Gasteiger partial charge in [-0.3, -0.25) is 0 Å². The lowest BCUT2D eigenvalue weighted by Gasteiger charge is -2.29. The van der Waals surface area contributed by atoms with Crippen molar-refractivity contribution in [3.63, 3.8) is 0 Å². The van der Waals surface area contributed by atoms with Crippen molar-refractivity contribution < 1.29 is 36.7 Å². The monoisotopic (exact) mass is 768 g/mol. The van der Waals surface area contributed by atoms with Gasteiger partial charge in [-0.2, -0.15) is 0 Å². The summed E-state index contributed by atoms with van der Waals surface area (Å²) in [6.45, 7) is 0. The van der Waals surface area contributed by atoms with Crippen LogP contribution in [0, 0.1) is 0 Å². The smallest absolute Gasteiger partial charge is 0.457 e. The summed E-state index contributed by atoms with van der Waals surface area (Å²) in [5.41, 5.74) is 0. The maximum atomic E-state index is 6.84. The lowest BCUT2D eigenvalue weighted by atomic mass is 10.3. The Labute approximate surface area is 332 Å². The lowest BCUT2D eigenvalue weighted by Crippen LogP contribution is -2.60. The first kappa shape index (κ1) is 36.4. The molecular weight excluding hydrogens is 733 g/mol. The fourth-order valence-corrected chi connectivity index (χ4v) is 7.52. The van der Waals surface area contributed by atoms with E-state index in [0.717, 1.165) is 0 Å². The van der Waals surface area contributed by atoms with E-state index in [1.165, 1.54) is 0 Å². The Morgan fingerprint density at radius 3 is 0.614 bits per heavy atom. The third-order valence-electron chi connectivity index (χ3n) is 8.11. The second-order valence-corrected chi connectivity index (χ2v) is 14.3. The molecule has 0 aromatic heterocycles. The minimum absolute atomic E-state index is 0.375. The first-order valence-electron chi connectivity index (χ1n) is 18.2. The Kier molecular flexibility index (Phi) is 11.3. The molecule has 0 N–H and O–H groups in total. The molecule has 8 aromatic carbocycles. The zero-order chi connectivity index (χ0) is 38.5. The van der Waals surface area contributed by atoms with E-state index in [1.54, 1.807) is 48.5 Å². The molecule has 8 rings (SSSR count). The molecule has 0 bridgehead atoms. The molecular formula is C48H36O8Si. The first-order valence-corrected chi connectivity index (χ1v) is 19.8. The Morgan fingerprint density at radius 2 is 0.386 bits per heavy atom. The van der Waals surface area contributed by atoms with E-state index < -0.39 is 9.05 Å². The van der Waals surface area contributed by atoms with Gasteiger partial charge in [-0.05, 0) is 97.1 Å². The zero-order valence-corrected chi connectivity index (χ0v) is 31.6. The van der Waals surface area contributed by atoms with E-state index in [4.69, 9.17) is 36.7 Å². The fraction of sp³-hybridized carbons (Fsp3) is 0. The Balaban J connectivity index is 1.19. The summed E-state index contributed by atoms with van der Waals surface area (Å²) >= 11 is 0. The second-order valence-electron chi connectivity index (χ2n) is 12.5. The maximum Gasteiger partial charge on any atom is 0.966 e. The SMILES string of the molecule is c1ccc(Oc2cccc(O[Si](Oc3cccc(Oc4ccccc4)c3)(Oc3cccc(Oc4ccccc4)c3)Oc3cccc(Oc4ccccc4)c3)c2)cc1. The molecule has 280 valence electrons. The molecule has 0 atom stereocenters. The van der Waals surface area contributed by atoms with Gasteiger partial charge in [0.25, 0.3) is 0 Å². The quantitative estimate of drug-likeness (QED) is 0.0900. The number of para-hydroxylation sites is 4. The number of rotatable bonds is 16. The number of hydrogen-bond donors (Lipinski definition) is 0. The van der Waals surface area contributed by atoms with Gasteiger partial charge in [0.05, 0.1) is 0 Å². The van der Waals surface area contributed by atoms with Gasteiger partial charge in [-0.25, -0.2) is 0 Å².